The van der Waals surface area contributed by atoms with Crippen molar-refractivity contribution in [1.29, 1.82) is 0 Å². The first-order valence-corrected chi connectivity index (χ1v) is 5.31. The highest BCUT2D eigenvalue weighted by Crippen LogP contribution is 2.28. The maximum atomic E-state index is 11.2. The normalized spacial score (nSPS) is 17.0. The third-order valence-corrected chi connectivity index (χ3v) is 2.74. The van der Waals surface area contributed by atoms with Gasteiger partial charge in [-0.2, -0.15) is 0 Å². The topological polar surface area (TPSA) is 69.6 Å². The van der Waals surface area contributed by atoms with Crippen LogP contribution < -0.4 is 5.32 Å². The van der Waals surface area contributed by atoms with Crippen LogP contribution in [0.5, 0.6) is 0 Å². The number of carbonyl (C=O) groups is 1. The van der Waals surface area contributed by atoms with Crippen molar-refractivity contribution in [3.63, 3.8) is 0 Å². The highest BCUT2D eigenvalue weighted by molar-refractivity contribution is 6.41. The first-order chi connectivity index (χ1) is 6.68. The minimum absolute atomic E-state index is 0.0660. The van der Waals surface area contributed by atoms with E-state index in [1.54, 1.807) is 0 Å². The van der Waals surface area contributed by atoms with E-state index in [2.05, 4.69) is 5.32 Å². The molecule has 80 valence electrons. The van der Waals surface area contributed by atoms with Gasteiger partial charge in [-0.25, -0.2) is 0 Å². The molecule has 5 heteroatoms. The van der Waals surface area contributed by atoms with Crippen molar-refractivity contribution in [3.8, 4) is 0 Å². The summed E-state index contributed by atoms with van der Waals surface area (Å²) in [5.41, 5.74) is 0. The van der Waals surface area contributed by atoms with Gasteiger partial charge in [-0.15, -0.1) is 0 Å². The number of amides is 1. The SMILES string of the molecule is O=C(CCC1CCCC1)NCB(O)O. The Hall–Kier alpha value is -0.545. The lowest BCUT2D eigenvalue weighted by Gasteiger charge is -2.08. The smallest absolute Gasteiger partial charge is 0.426 e. The molecule has 1 fully saturated rings. The van der Waals surface area contributed by atoms with Gasteiger partial charge in [0, 0.05) is 6.42 Å². The summed E-state index contributed by atoms with van der Waals surface area (Å²) in [7, 11) is -1.44. The monoisotopic (exact) mass is 199 g/mol. The van der Waals surface area contributed by atoms with E-state index >= 15 is 0 Å². The van der Waals surface area contributed by atoms with E-state index in [0.29, 0.717) is 12.3 Å². The molecule has 4 nitrogen and oxygen atoms in total. The molecule has 1 aliphatic rings. The summed E-state index contributed by atoms with van der Waals surface area (Å²) in [4.78, 5) is 11.2. The van der Waals surface area contributed by atoms with Crippen LogP contribution in [0.25, 0.3) is 0 Å². The average Bonchev–Trinajstić information content (AvgIpc) is 2.63. The molecule has 0 unspecified atom stereocenters. The second kappa shape index (κ2) is 6.04. The van der Waals surface area contributed by atoms with Crippen LogP contribution in [0.2, 0.25) is 0 Å². The van der Waals surface area contributed by atoms with Gasteiger partial charge in [-0.1, -0.05) is 25.7 Å². The summed E-state index contributed by atoms with van der Waals surface area (Å²) in [5.74, 6) is 0.629. The van der Waals surface area contributed by atoms with Gasteiger partial charge >= 0.3 is 7.12 Å². The fourth-order valence-corrected chi connectivity index (χ4v) is 1.93. The zero-order valence-electron chi connectivity index (χ0n) is 8.41. The molecule has 1 rings (SSSR count). The molecular formula is C9H18BNO3. The van der Waals surface area contributed by atoms with Gasteiger partial charge in [0.25, 0.3) is 0 Å². The molecular weight excluding hydrogens is 181 g/mol. The van der Waals surface area contributed by atoms with E-state index in [1.807, 2.05) is 0 Å². The molecule has 0 atom stereocenters. The van der Waals surface area contributed by atoms with Crippen molar-refractivity contribution in [2.45, 2.75) is 38.5 Å². The Balaban J connectivity index is 2.02. The average molecular weight is 199 g/mol. The molecule has 0 bridgehead atoms. The Labute approximate surface area is 84.8 Å². The molecule has 1 saturated carbocycles. The zero-order valence-corrected chi connectivity index (χ0v) is 8.41. The van der Waals surface area contributed by atoms with Crippen LogP contribution in [0, 0.1) is 5.92 Å². The fraction of sp³-hybridized carbons (Fsp3) is 0.889. The molecule has 1 aliphatic carbocycles. The molecule has 3 N–H and O–H groups in total. The van der Waals surface area contributed by atoms with E-state index in [0.717, 1.165) is 6.42 Å². The van der Waals surface area contributed by atoms with Crippen LogP contribution in [0.4, 0.5) is 0 Å². The van der Waals surface area contributed by atoms with Gasteiger partial charge in [-0.3, -0.25) is 4.79 Å². The Morgan fingerprint density at radius 1 is 1.36 bits per heavy atom. The standard InChI is InChI=1S/C9H18BNO3/c12-9(11-7-10(13)14)6-5-8-3-1-2-4-8/h8,13-14H,1-7H2,(H,11,12). The van der Waals surface area contributed by atoms with Gasteiger partial charge in [0.1, 0.15) is 0 Å². The van der Waals surface area contributed by atoms with Gasteiger partial charge in [0.15, 0.2) is 0 Å². The summed E-state index contributed by atoms with van der Waals surface area (Å²) in [6.07, 6.45) is 6.46. The Kier molecular flexibility index (Phi) is 4.97. The van der Waals surface area contributed by atoms with E-state index in [1.165, 1.54) is 25.7 Å². The molecule has 0 spiro atoms. The maximum absolute atomic E-state index is 11.2. The van der Waals surface area contributed by atoms with Crippen LogP contribution in [-0.2, 0) is 4.79 Å². The van der Waals surface area contributed by atoms with Gasteiger partial charge in [-0.05, 0) is 12.3 Å². The lowest BCUT2D eigenvalue weighted by atomic mass is 9.92. The third-order valence-electron chi connectivity index (χ3n) is 2.74. The molecule has 0 radical (unpaired) electrons. The second-order valence-electron chi connectivity index (χ2n) is 3.97. The quantitative estimate of drug-likeness (QED) is 0.549. The zero-order chi connectivity index (χ0) is 10.4. The summed E-state index contributed by atoms with van der Waals surface area (Å²) < 4.78 is 0. The summed E-state index contributed by atoms with van der Waals surface area (Å²) in [6, 6.07) is 0. The largest absolute Gasteiger partial charge is 0.472 e. The van der Waals surface area contributed by atoms with E-state index in [-0.39, 0.29) is 12.4 Å². The Morgan fingerprint density at radius 2 is 2.00 bits per heavy atom. The van der Waals surface area contributed by atoms with Crippen molar-refractivity contribution in [3.05, 3.63) is 0 Å². The lowest BCUT2D eigenvalue weighted by Crippen LogP contribution is -2.35. The molecule has 0 aliphatic heterocycles. The molecule has 0 aromatic carbocycles. The number of carbonyl (C=O) groups excluding carboxylic acids is 1. The van der Waals surface area contributed by atoms with Crippen LogP contribution in [0.1, 0.15) is 38.5 Å². The first-order valence-electron chi connectivity index (χ1n) is 5.31. The molecule has 0 heterocycles. The lowest BCUT2D eigenvalue weighted by molar-refractivity contribution is -0.121. The summed E-state index contributed by atoms with van der Waals surface area (Å²) in [6.45, 7) is 0. The van der Waals surface area contributed by atoms with Crippen LogP contribution in [0.15, 0.2) is 0 Å². The van der Waals surface area contributed by atoms with E-state index in [9.17, 15) is 4.79 Å². The predicted molar refractivity (Wildman–Crippen MR) is 54.4 cm³/mol. The number of hydrogen-bond donors (Lipinski definition) is 3. The number of hydrogen-bond acceptors (Lipinski definition) is 3. The highest BCUT2D eigenvalue weighted by Gasteiger charge is 2.16. The van der Waals surface area contributed by atoms with Gasteiger partial charge < -0.3 is 15.4 Å². The second-order valence-corrected chi connectivity index (χ2v) is 3.97. The molecule has 0 aromatic rings. The van der Waals surface area contributed by atoms with Crippen molar-refractivity contribution in [2.75, 3.05) is 6.44 Å². The van der Waals surface area contributed by atoms with Crippen LogP contribution in [-0.4, -0.2) is 29.5 Å². The molecule has 0 saturated heterocycles. The summed E-state index contributed by atoms with van der Waals surface area (Å²) >= 11 is 0. The Morgan fingerprint density at radius 3 is 2.57 bits per heavy atom. The van der Waals surface area contributed by atoms with Gasteiger partial charge in [0.05, 0.1) is 6.44 Å². The predicted octanol–water partition coefficient (Wildman–Crippen LogP) is 0.0850. The minimum Gasteiger partial charge on any atom is -0.426 e. The van der Waals surface area contributed by atoms with E-state index < -0.39 is 7.12 Å². The van der Waals surface area contributed by atoms with Crippen molar-refractivity contribution < 1.29 is 14.8 Å². The van der Waals surface area contributed by atoms with E-state index in [4.69, 9.17) is 10.0 Å². The molecule has 1 amide bonds. The van der Waals surface area contributed by atoms with Crippen molar-refractivity contribution in [1.82, 2.24) is 5.32 Å². The van der Waals surface area contributed by atoms with Gasteiger partial charge in [0.2, 0.25) is 5.91 Å². The van der Waals surface area contributed by atoms with Crippen molar-refractivity contribution >= 4 is 13.0 Å². The third kappa shape index (κ3) is 4.62. The molecule has 14 heavy (non-hydrogen) atoms. The number of rotatable bonds is 5. The first kappa shape index (κ1) is 11.5. The summed E-state index contributed by atoms with van der Waals surface area (Å²) in [5, 5.41) is 19.5. The van der Waals surface area contributed by atoms with Crippen LogP contribution >= 0.6 is 0 Å². The number of nitrogens with one attached hydrogen (secondary N) is 1. The fourth-order valence-electron chi connectivity index (χ4n) is 1.93. The minimum atomic E-state index is -1.44. The maximum Gasteiger partial charge on any atom is 0.472 e. The van der Waals surface area contributed by atoms with Crippen molar-refractivity contribution in [2.24, 2.45) is 5.92 Å². The Bertz CT molecular complexity index is 181. The highest BCUT2D eigenvalue weighted by atomic mass is 16.4. The molecule has 0 aromatic heterocycles. The van der Waals surface area contributed by atoms with Crippen LogP contribution in [0.3, 0.4) is 0 Å².